The normalized spacial score (nSPS) is 16.5. The zero-order chi connectivity index (χ0) is 15.6. The Bertz CT molecular complexity index is 640. The summed E-state index contributed by atoms with van der Waals surface area (Å²) in [5.74, 6) is -0.703. The molecule has 0 atom stereocenters. The van der Waals surface area contributed by atoms with E-state index in [2.05, 4.69) is 0 Å². The van der Waals surface area contributed by atoms with Crippen molar-refractivity contribution in [1.29, 1.82) is 0 Å². The van der Waals surface area contributed by atoms with E-state index in [0.29, 0.717) is 6.54 Å². The Morgan fingerprint density at radius 1 is 1.43 bits per heavy atom. The van der Waals surface area contributed by atoms with E-state index in [-0.39, 0.29) is 21.5 Å². The summed E-state index contributed by atoms with van der Waals surface area (Å²) in [7, 11) is -3.81. The lowest BCUT2D eigenvalue weighted by Gasteiger charge is -2.27. The molecule has 0 aliphatic heterocycles. The third-order valence-corrected chi connectivity index (χ3v) is 6.13. The summed E-state index contributed by atoms with van der Waals surface area (Å²) in [6, 6.07) is 3.87. The number of hydrogen-bond donors (Lipinski definition) is 1. The van der Waals surface area contributed by atoms with Crippen molar-refractivity contribution in [3.05, 3.63) is 29.6 Å². The van der Waals surface area contributed by atoms with Gasteiger partial charge in [0.05, 0.1) is 10.5 Å². The van der Waals surface area contributed by atoms with E-state index in [9.17, 15) is 12.8 Å². The Labute approximate surface area is 130 Å². The number of thiocarbonyl (C=S) groups is 1. The molecule has 1 aromatic carbocycles. The number of hydrogen-bond acceptors (Lipinski definition) is 3. The van der Waals surface area contributed by atoms with Crippen LogP contribution >= 0.6 is 12.2 Å². The molecule has 0 saturated heterocycles. The van der Waals surface area contributed by atoms with Crippen LogP contribution < -0.4 is 5.73 Å². The zero-order valence-corrected chi connectivity index (χ0v) is 13.5. The van der Waals surface area contributed by atoms with Crippen LogP contribution in [0.25, 0.3) is 0 Å². The third kappa shape index (κ3) is 3.09. The summed E-state index contributed by atoms with van der Waals surface area (Å²) < 4.78 is 41.1. The molecule has 7 heteroatoms. The van der Waals surface area contributed by atoms with Crippen LogP contribution in [0.2, 0.25) is 0 Å². The smallest absolute Gasteiger partial charge is 0.244 e. The van der Waals surface area contributed by atoms with E-state index >= 15 is 0 Å². The minimum Gasteiger partial charge on any atom is -0.389 e. The second kappa shape index (κ2) is 6.37. The fourth-order valence-electron chi connectivity index (χ4n) is 2.90. The summed E-state index contributed by atoms with van der Waals surface area (Å²) in [4.78, 5) is -0.377. The molecular weight excluding hydrogens is 311 g/mol. The Kier molecular flexibility index (Phi) is 4.95. The number of halogens is 1. The number of nitrogens with zero attached hydrogens (tertiary/aromatic N) is 1. The monoisotopic (exact) mass is 330 g/mol. The van der Waals surface area contributed by atoms with Gasteiger partial charge in [0.1, 0.15) is 10.8 Å². The van der Waals surface area contributed by atoms with Crippen LogP contribution in [0, 0.1) is 5.82 Å². The molecule has 21 heavy (non-hydrogen) atoms. The molecule has 0 radical (unpaired) electrons. The Morgan fingerprint density at radius 3 is 2.57 bits per heavy atom. The summed E-state index contributed by atoms with van der Waals surface area (Å²) in [6.45, 7) is 2.13. The van der Waals surface area contributed by atoms with Gasteiger partial charge in [-0.3, -0.25) is 0 Å². The van der Waals surface area contributed by atoms with E-state index < -0.39 is 15.8 Å². The van der Waals surface area contributed by atoms with E-state index in [1.807, 2.05) is 0 Å². The van der Waals surface area contributed by atoms with E-state index in [1.165, 1.54) is 22.5 Å². The van der Waals surface area contributed by atoms with Crippen molar-refractivity contribution in [3.8, 4) is 0 Å². The highest BCUT2D eigenvalue weighted by Gasteiger charge is 2.34. The maximum absolute atomic E-state index is 13.9. The van der Waals surface area contributed by atoms with Crippen molar-refractivity contribution in [3.63, 3.8) is 0 Å². The molecule has 2 rings (SSSR count). The van der Waals surface area contributed by atoms with Gasteiger partial charge in [0.15, 0.2) is 0 Å². The highest BCUT2D eigenvalue weighted by atomic mass is 32.2. The van der Waals surface area contributed by atoms with Crippen molar-refractivity contribution < 1.29 is 12.8 Å². The molecule has 0 amide bonds. The zero-order valence-electron chi connectivity index (χ0n) is 11.9. The molecule has 2 N–H and O–H groups in total. The van der Waals surface area contributed by atoms with Crippen LogP contribution in [0.5, 0.6) is 0 Å². The summed E-state index contributed by atoms with van der Waals surface area (Å²) in [6.07, 6.45) is 3.71. The van der Waals surface area contributed by atoms with Crippen molar-refractivity contribution in [1.82, 2.24) is 4.31 Å². The third-order valence-electron chi connectivity index (χ3n) is 3.85. The lowest BCUT2D eigenvalue weighted by atomic mass is 10.2. The highest BCUT2D eigenvalue weighted by molar-refractivity contribution is 7.89. The minimum absolute atomic E-state index is 0.0255. The molecule has 0 aromatic heterocycles. The predicted molar refractivity (Wildman–Crippen MR) is 84.1 cm³/mol. The Morgan fingerprint density at radius 2 is 2.05 bits per heavy atom. The summed E-state index contributed by atoms with van der Waals surface area (Å²) in [5, 5.41) is 0. The van der Waals surface area contributed by atoms with Crippen molar-refractivity contribution in [2.24, 2.45) is 5.73 Å². The summed E-state index contributed by atoms with van der Waals surface area (Å²) in [5.41, 5.74) is 5.32. The van der Waals surface area contributed by atoms with Gasteiger partial charge in [-0.05, 0) is 25.0 Å². The molecule has 1 aliphatic rings. The Balaban J connectivity index is 2.53. The molecule has 4 nitrogen and oxygen atoms in total. The first-order valence-corrected chi connectivity index (χ1v) is 8.84. The summed E-state index contributed by atoms with van der Waals surface area (Å²) >= 11 is 4.82. The molecule has 0 heterocycles. The number of benzene rings is 1. The average Bonchev–Trinajstić information content (AvgIpc) is 2.92. The molecule has 0 unspecified atom stereocenters. The van der Waals surface area contributed by atoms with Gasteiger partial charge in [-0.15, -0.1) is 0 Å². The van der Waals surface area contributed by atoms with Crippen LogP contribution in [-0.4, -0.2) is 30.3 Å². The molecule has 1 aromatic rings. The fourth-order valence-corrected chi connectivity index (χ4v) is 5.09. The van der Waals surface area contributed by atoms with E-state index in [0.717, 1.165) is 25.7 Å². The maximum Gasteiger partial charge on any atom is 0.244 e. The quantitative estimate of drug-likeness (QED) is 0.842. The first-order chi connectivity index (χ1) is 9.89. The van der Waals surface area contributed by atoms with Gasteiger partial charge >= 0.3 is 0 Å². The number of sulfonamides is 1. The van der Waals surface area contributed by atoms with E-state index in [4.69, 9.17) is 18.0 Å². The first kappa shape index (κ1) is 16.3. The van der Waals surface area contributed by atoms with E-state index in [1.54, 1.807) is 6.92 Å². The predicted octanol–water partition coefficient (Wildman–Crippen LogP) is 2.41. The largest absolute Gasteiger partial charge is 0.389 e. The highest BCUT2D eigenvalue weighted by Crippen LogP contribution is 2.30. The maximum atomic E-state index is 13.9. The van der Waals surface area contributed by atoms with Gasteiger partial charge in [0.25, 0.3) is 0 Å². The van der Waals surface area contributed by atoms with Gasteiger partial charge < -0.3 is 5.73 Å². The van der Waals surface area contributed by atoms with Gasteiger partial charge in [-0.1, -0.05) is 38.0 Å². The molecule has 1 saturated carbocycles. The second-order valence-corrected chi connectivity index (χ2v) is 7.42. The molecule has 1 aliphatic carbocycles. The SMILES string of the molecule is CCN(C1CCCC1)S(=O)(=O)c1cccc(F)c1C(N)=S. The fraction of sp³-hybridized carbons (Fsp3) is 0.500. The molecule has 0 spiro atoms. The number of rotatable bonds is 5. The average molecular weight is 330 g/mol. The van der Waals surface area contributed by atoms with Crippen molar-refractivity contribution in [2.75, 3.05) is 6.54 Å². The first-order valence-electron chi connectivity index (χ1n) is 6.99. The second-order valence-electron chi connectivity index (χ2n) is 5.12. The van der Waals surface area contributed by atoms with Crippen LogP contribution in [0.4, 0.5) is 4.39 Å². The van der Waals surface area contributed by atoms with Crippen LogP contribution in [0.1, 0.15) is 38.2 Å². The van der Waals surface area contributed by atoms with Crippen LogP contribution in [0.3, 0.4) is 0 Å². The molecule has 0 bridgehead atoms. The molecular formula is C14H19FN2O2S2. The molecule has 116 valence electrons. The molecule has 1 fully saturated rings. The van der Waals surface area contributed by atoms with Gasteiger partial charge in [-0.2, -0.15) is 4.31 Å². The minimum atomic E-state index is -3.81. The van der Waals surface area contributed by atoms with Gasteiger partial charge in [0, 0.05) is 12.6 Å². The van der Waals surface area contributed by atoms with Gasteiger partial charge in [-0.25, -0.2) is 12.8 Å². The standard InChI is InChI=1S/C14H19FN2O2S2/c1-2-17(10-6-3-4-7-10)21(18,19)12-9-5-8-11(15)13(12)14(16)20/h5,8-10H,2-4,6-7H2,1H3,(H2,16,20). The Hall–Kier alpha value is -1.05. The van der Waals surface area contributed by atoms with Gasteiger partial charge in [0.2, 0.25) is 10.0 Å². The lowest BCUT2D eigenvalue weighted by Crippen LogP contribution is -2.39. The number of nitrogens with two attached hydrogens (primary N) is 1. The van der Waals surface area contributed by atoms with Crippen molar-refractivity contribution in [2.45, 2.75) is 43.5 Å². The topological polar surface area (TPSA) is 63.4 Å². The van der Waals surface area contributed by atoms with Crippen molar-refractivity contribution >= 4 is 27.2 Å². The van der Waals surface area contributed by atoms with Crippen LogP contribution in [0.15, 0.2) is 23.1 Å². The lowest BCUT2D eigenvalue weighted by molar-refractivity contribution is 0.335. The van der Waals surface area contributed by atoms with Crippen LogP contribution in [-0.2, 0) is 10.0 Å².